The normalized spacial score (nSPS) is 15.2. The van der Waals surface area contributed by atoms with E-state index in [0.29, 0.717) is 6.10 Å². The number of anilines is 1. The van der Waals surface area contributed by atoms with Gasteiger partial charge in [0.2, 0.25) is 0 Å². The molecule has 2 aromatic rings. The molecule has 0 saturated heterocycles. The summed E-state index contributed by atoms with van der Waals surface area (Å²) in [7, 11) is 0. The smallest absolute Gasteiger partial charge is 0.373 e. The molecule has 0 atom stereocenters. The monoisotopic (exact) mass is 314 g/mol. The lowest BCUT2D eigenvalue weighted by Crippen LogP contribution is -2.15. The largest absolute Gasteiger partial charge is 0.490 e. The first kappa shape index (κ1) is 17.0. The molecule has 122 valence electrons. The van der Waals surface area contributed by atoms with Crippen molar-refractivity contribution < 1.29 is 14.3 Å². The Bertz CT molecular complexity index is 686. The van der Waals surface area contributed by atoms with Gasteiger partial charge in [0.1, 0.15) is 5.75 Å². The van der Waals surface area contributed by atoms with Crippen molar-refractivity contribution in [1.82, 2.24) is 4.98 Å². The molecule has 1 aromatic heterocycles. The molecule has 0 aliphatic heterocycles. The Labute approximate surface area is 135 Å². The SMILES string of the molecule is Cc1cc(N)c2c(OC3CCCCCC3)cccc2n1.O=C=O. The molecule has 23 heavy (non-hydrogen) atoms. The highest BCUT2D eigenvalue weighted by molar-refractivity contribution is 5.95. The Balaban J connectivity index is 0.000000595. The Morgan fingerprint density at radius 1 is 1.17 bits per heavy atom. The van der Waals surface area contributed by atoms with E-state index in [-0.39, 0.29) is 6.15 Å². The van der Waals surface area contributed by atoms with Crippen LogP contribution in [0.3, 0.4) is 0 Å². The number of aromatic nitrogens is 1. The lowest BCUT2D eigenvalue weighted by atomic mass is 10.1. The molecule has 1 saturated carbocycles. The Morgan fingerprint density at radius 3 is 2.48 bits per heavy atom. The van der Waals surface area contributed by atoms with E-state index in [0.717, 1.165) is 40.9 Å². The maximum absolute atomic E-state index is 8.12. The van der Waals surface area contributed by atoms with Crippen molar-refractivity contribution in [3.8, 4) is 5.75 Å². The van der Waals surface area contributed by atoms with Gasteiger partial charge in [0.15, 0.2) is 0 Å². The maximum atomic E-state index is 8.12. The van der Waals surface area contributed by atoms with Crippen molar-refractivity contribution >= 4 is 22.7 Å². The van der Waals surface area contributed by atoms with Crippen LogP contribution in [0.2, 0.25) is 0 Å². The van der Waals surface area contributed by atoms with Crippen LogP contribution in [0.4, 0.5) is 5.69 Å². The number of hydrogen-bond acceptors (Lipinski definition) is 5. The van der Waals surface area contributed by atoms with Gasteiger partial charge in [0, 0.05) is 11.4 Å². The molecule has 1 heterocycles. The van der Waals surface area contributed by atoms with Crippen LogP contribution in [0.25, 0.3) is 10.9 Å². The number of rotatable bonds is 2. The second-order valence-electron chi connectivity index (χ2n) is 5.82. The molecule has 0 unspecified atom stereocenters. The molecule has 0 radical (unpaired) electrons. The van der Waals surface area contributed by atoms with Crippen molar-refractivity contribution in [3.63, 3.8) is 0 Å². The Morgan fingerprint density at radius 2 is 1.83 bits per heavy atom. The molecule has 1 aliphatic carbocycles. The fourth-order valence-electron chi connectivity index (χ4n) is 3.06. The van der Waals surface area contributed by atoms with Crippen molar-refractivity contribution in [2.45, 2.75) is 51.6 Å². The summed E-state index contributed by atoms with van der Waals surface area (Å²) in [6.45, 7) is 1.97. The van der Waals surface area contributed by atoms with E-state index in [2.05, 4.69) is 4.98 Å². The third-order valence-corrected chi connectivity index (χ3v) is 4.05. The summed E-state index contributed by atoms with van der Waals surface area (Å²) in [5, 5.41) is 0.961. The molecule has 0 spiro atoms. The lowest BCUT2D eigenvalue weighted by molar-refractivity contribution is -0.191. The number of fused-ring (bicyclic) bond motifs is 1. The summed E-state index contributed by atoms with van der Waals surface area (Å²) in [6, 6.07) is 7.93. The van der Waals surface area contributed by atoms with Crippen LogP contribution in [0.5, 0.6) is 5.75 Å². The first-order chi connectivity index (χ1) is 11.2. The van der Waals surface area contributed by atoms with E-state index in [4.69, 9.17) is 20.1 Å². The maximum Gasteiger partial charge on any atom is 0.373 e. The molecular weight excluding hydrogens is 292 g/mol. The number of benzene rings is 1. The summed E-state index contributed by atoms with van der Waals surface area (Å²) in [4.78, 5) is 20.8. The highest BCUT2D eigenvalue weighted by Gasteiger charge is 2.16. The second-order valence-corrected chi connectivity index (χ2v) is 5.82. The van der Waals surface area contributed by atoms with Crippen molar-refractivity contribution in [3.05, 3.63) is 30.0 Å². The summed E-state index contributed by atoms with van der Waals surface area (Å²) >= 11 is 0. The average molecular weight is 314 g/mol. The topological polar surface area (TPSA) is 82.3 Å². The van der Waals surface area contributed by atoms with Gasteiger partial charge in [0.05, 0.1) is 17.0 Å². The van der Waals surface area contributed by atoms with Crippen molar-refractivity contribution in [1.29, 1.82) is 0 Å². The van der Waals surface area contributed by atoms with Crippen LogP contribution in [-0.2, 0) is 9.59 Å². The number of hydrogen-bond donors (Lipinski definition) is 1. The van der Waals surface area contributed by atoms with Gasteiger partial charge >= 0.3 is 6.15 Å². The Kier molecular flexibility index (Phi) is 6.12. The number of ether oxygens (including phenoxy) is 1. The van der Waals surface area contributed by atoms with Gasteiger partial charge in [-0.2, -0.15) is 9.59 Å². The summed E-state index contributed by atoms with van der Waals surface area (Å²) in [5.74, 6) is 0.888. The van der Waals surface area contributed by atoms with Crippen molar-refractivity contribution in [2.24, 2.45) is 0 Å². The van der Waals surface area contributed by atoms with Gasteiger partial charge in [-0.05, 0) is 50.8 Å². The van der Waals surface area contributed by atoms with Gasteiger partial charge in [-0.1, -0.05) is 18.9 Å². The molecule has 1 fully saturated rings. The van der Waals surface area contributed by atoms with E-state index in [1.807, 2.05) is 31.2 Å². The third-order valence-electron chi connectivity index (χ3n) is 4.05. The van der Waals surface area contributed by atoms with Gasteiger partial charge < -0.3 is 10.5 Å². The summed E-state index contributed by atoms with van der Waals surface area (Å²) in [5.41, 5.74) is 8.81. The fourth-order valence-corrected chi connectivity index (χ4v) is 3.06. The highest BCUT2D eigenvalue weighted by atomic mass is 16.5. The van der Waals surface area contributed by atoms with Crippen LogP contribution in [0.15, 0.2) is 24.3 Å². The van der Waals surface area contributed by atoms with E-state index in [9.17, 15) is 0 Å². The third kappa shape index (κ3) is 4.54. The molecule has 3 rings (SSSR count). The molecule has 0 amide bonds. The minimum absolute atomic E-state index is 0.250. The number of nitrogen functional groups attached to an aromatic ring is 1. The molecular formula is C18H22N2O3. The fraction of sp³-hybridized carbons (Fsp3) is 0.444. The van der Waals surface area contributed by atoms with Crippen molar-refractivity contribution in [2.75, 3.05) is 5.73 Å². The van der Waals surface area contributed by atoms with Crippen LogP contribution in [-0.4, -0.2) is 17.2 Å². The van der Waals surface area contributed by atoms with E-state index < -0.39 is 0 Å². The van der Waals surface area contributed by atoms with Crippen LogP contribution in [0.1, 0.15) is 44.2 Å². The number of carbonyl (C=O) groups excluding carboxylic acids is 2. The molecule has 1 aromatic carbocycles. The van der Waals surface area contributed by atoms with Crippen LogP contribution >= 0.6 is 0 Å². The zero-order valence-electron chi connectivity index (χ0n) is 13.4. The van der Waals surface area contributed by atoms with Gasteiger partial charge in [-0.25, -0.2) is 0 Å². The Hall–Kier alpha value is -2.39. The summed E-state index contributed by atoms with van der Waals surface area (Å²) < 4.78 is 6.25. The zero-order chi connectivity index (χ0) is 16.7. The summed E-state index contributed by atoms with van der Waals surface area (Å²) in [6.07, 6.45) is 8.07. The molecule has 5 heteroatoms. The number of nitrogens with zero attached hydrogens (tertiary/aromatic N) is 1. The number of aryl methyl sites for hydroxylation is 1. The first-order valence-corrected chi connectivity index (χ1v) is 7.97. The average Bonchev–Trinajstić information content (AvgIpc) is 2.76. The van der Waals surface area contributed by atoms with Gasteiger partial charge in [-0.3, -0.25) is 4.98 Å². The molecule has 5 nitrogen and oxygen atoms in total. The lowest BCUT2D eigenvalue weighted by Gasteiger charge is -2.19. The predicted molar refractivity (Wildman–Crippen MR) is 88.0 cm³/mol. The standard InChI is InChI=1S/C17H22N2O.CO2/c1-12-11-14(18)17-15(19-12)9-6-10-16(17)20-13-7-4-2-3-5-8-13;2-1-3/h6,9-11,13H,2-5,7-8H2,1H3,(H2,18,19);. The molecule has 1 aliphatic rings. The van der Waals surface area contributed by atoms with E-state index in [1.165, 1.54) is 25.7 Å². The number of pyridine rings is 1. The minimum Gasteiger partial charge on any atom is -0.490 e. The highest BCUT2D eigenvalue weighted by Crippen LogP contribution is 2.32. The van der Waals surface area contributed by atoms with E-state index >= 15 is 0 Å². The quantitative estimate of drug-likeness (QED) is 0.856. The van der Waals surface area contributed by atoms with E-state index in [1.54, 1.807) is 0 Å². The van der Waals surface area contributed by atoms with Gasteiger partial charge in [-0.15, -0.1) is 0 Å². The first-order valence-electron chi connectivity index (χ1n) is 7.97. The zero-order valence-corrected chi connectivity index (χ0v) is 13.4. The van der Waals surface area contributed by atoms with Crippen LogP contribution in [0, 0.1) is 6.92 Å². The second kappa shape index (κ2) is 8.30. The minimum atomic E-state index is 0.250. The van der Waals surface area contributed by atoms with Gasteiger partial charge in [0.25, 0.3) is 0 Å². The predicted octanol–water partition coefficient (Wildman–Crippen LogP) is 3.64. The van der Waals surface area contributed by atoms with Crippen LogP contribution < -0.4 is 10.5 Å². The number of nitrogens with two attached hydrogens (primary N) is 1. The molecule has 0 bridgehead atoms. The molecule has 2 N–H and O–H groups in total.